The van der Waals surface area contributed by atoms with E-state index in [9.17, 15) is 9.59 Å². The standard InChI is InChI=1S/C32H32N2O4S/c1-6-37-26-17-16-23(24-10-8-9-11-25(24)26)18-27-30(35)34-29(22-14-12-21(13-15-22)19(3)4)28(31(36)38-7-2)20(5)33-32(34)39-27/h8-19,29H,6-7H2,1-5H3/b27-18+. The Labute approximate surface area is 231 Å². The summed E-state index contributed by atoms with van der Waals surface area (Å²) in [6.07, 6.45) is 1.91. The first-order valence-electron chi connectivity index (χ1n) is 13.3. The lowest BCUT2D eigenvalue weighted by Gasteiger charge is -2.25. The zero-order chi connectivity index (χ0) is 27.7. The van der Waals surface area contributed by atoms with Gasteiger partial charge in [0.05, 0.1) is 35.1 Å². The number of carbonyl (C=O) groups is 1. The molecule has 0 amide bonds. The van der Waals surface area contributed by atoms with Crippen LogP contribution in [0.15, 0.2) is 81.7 Å². The van der Waals surface area contributed by atoms with Gasteiger partial charge < -0.3 is 9.47 Å². The van der Waals surface area contributed by atoms with Crippen LogP contribution < -0.4 is 19.6 Å². The molecule has 0 radical (unpaired) electrons. The van der Waals surface area contributed by atoms with E-state index in [2.05, 4.69) is 26.0 Å². The second-order valence-corrected chi connectivity index (χ2v) is 10.8. The molecule has 1 unspecified atom stereocenters. The molecule has 3 aromatic carbocycles. The highest BCUT2D eigenvalue weighted by Gasteiger charge is 2.33. The summed E-state index contributed by atoms with van der Waals surface area (Å²) >= 11 is 1.33. The Morgan fingerprint density at radius 2 is 1.74 bits per heavy atom. The van der Waals surface area contributed by atoms with Crippen LogP contribution in [-0.2, 0) is 9.53 Å². The van der Waals surface area contributed by atoms with Gasteiger partial charge >= 0.3 is 5.97 Å². The summed E-state index contributed by atoms with van der Waals surface area (Å²) < 4.78 is 13.4. The quantitative estimate of drug-likeness (QED) is 0.292. The fourth-order valence-electron chi connectivity index (χ4n) is 5.01. The summed E-state index contributed by atoms with van der Waals surface area (Å²) in [6.45, 7) is 10.6. The van der Waals surface area contributed by atoms with Crippen molar-refractivity contribution in [2.75, 3.05) is 13.2 Å². The molecular formula is C32H32N2O4S. The summed E-state index contributed by atoms with van der Waals surface area (Å²) in [6, 6.07) is 19.4. The van der Waals surface area contributed by atoms with E-state index < -0.39 is 12.0 Å². The first-order valence-corrected chi connectivity index (χ1v) is 14.1. The van der Waals surface area contributed by atoms with Gasteiger partial charge in [-0.3, -0.25) is 9.36 Å². The SMILES string of the molecule is CCOC(=O)C1=C(C)N=c2s/c(=C/c3ccc(OCC)c4ccccc34)c(=O)n2C1c1ccc(C(C)C)cc1. The van der Waals surface area contributed by atoms with Crippen molar-refractivity contribution in [2.45, 2.75) is 46.6 Å². The van der Waals surface area contributed by atoms with Crippen LogP contribution in [0.25, 0.3) is 16.8 Å². The molecule has 0 fully saturated rings. The predicted molar refractivity (Wildman–Crippen MR) is 156 cm³/mol. The Balaban J connectivity index is 1.71. The normalized spacial score (nSPS) is 15.4. The molecule has 6 nitrogen and oxygen atoms in total. The molecule has 1 aromatic heterocycles. The second kappa shape index (κ2) is 11.0. The Hall–Kier alpha value is -3.97. The summed E-state index contributed by atoms with van der Waals surface area (Å²) in [5, 5.41) is 1.99. The summed E-state index contributed by atoms with van der Waals surface area (Å²) in [5.74, 6) is 0.724. The molecular weight excluding hydrogens is 508 g/mol. The van der Waals surface area contributed by atoms with Gasteiger partial charge in [0.2, 0.25) is 0 Å². The maximum atomic E-state index is 14.0. The molecule has 7 heteroatoms. The first-order chi connectivity index (χ1) is 18.8. The molecule has 1 aliphatic rings. The fraction of sp³-hybridized carbons (Fsp3) is 0.281. The Bertz CT molecular complexity index is 1760. The molecule has 0 bridgehead atoms. The third-order valence-electron chi connectivity index (χ3n) is 6.94. The molecule has 0 saturated heterocycles. The third kappa shape index (κ3) is 4.94. The monoisotopic (exact) mass is 540 g/mol. The highest BCUT2D eigenvalue weighted by atomic mass is 32.1. The molecule has 200 valence electrons. The van der Waals surface area contributed by atoms with E-state index in [0.29, 0.717) is 33.1 Å². The van der Waals surface area contributed by atoms with E-state index in [1.165, 1.54) is 16.9 Å². The lowest BCUT2D eigenvalue weighted by atomic mass is 9.93. The smallest absolute Gasteiger partial charge is 0.338 e. The van der Waals surface area contributed by atoms with Crippen molar-refractivity contribution >= 4 is 34.2 Å². The fourth-order valence-corrected chi connectivity index (χ4v) is 6.05. The van der Waals surface area contributed by atoms with Crippen molar-refractivity contribution in [3.05, 3.63) is 108 Å². The van der Waals surface area contributed by atoms with E-state index in [-0.39, 0.29) is 12.2 Å². The topological polar surface area (TPSA) is 69.9 Å². The minimum absolute atomic E-state index is 0.191. The number of ether oxygens (including phenoxy) is 2. The van der Waals surface area contributed by atoms with Crippen LogP contribution in [-0.4, -0.2) is 23.8 Å². The van der Waals surface area contributed by atoms with Crippen molar-refractivity contribution in [1.29, 1.82) is 0 Å². The van der Waals surface area contributed by atoms with Crippen molar-refractivity contribution in [2.24, 2.45) is 4.99 Å². The lowest BCUT2D eigenvalue weighted by molar-refractivity contribution is -0.139. The van der Waals surface area contributed by atoms with Crippen LogP contribution in [0.4, 0.5) is 0 Å². The molecule has 0 saturated carbocycles. The van der Waals surface area contributed by atoms with Gasteiger partial charge in [-0.2, -0.15) is 0 Å². The number of carbonyl (C=O) groups excluding carboxylic acids is 1. The zero-order valence-electron chi connectivity index (χ0n) is 22.9. The minimum Gasteiger partial charge on any atom is -0.493 e. The van der Waals surface area contributed by atoms with Crippen molar-refractivity contribution < 1.29 is 14.3 Å². The van der Waals surface area contributed by atoms with Gasteiger partial charge in [-0.1, -0.05) is 79.8 Å². The Kier molecular flexibility index (Phi) is 7.53. The minimum atomic E-state index is -0.624. The average Bonchev–Trinajstić information content (AvgIpc) is 3.23. The number of nitrogens with zero attached hydrogens (tertiary/aromatic N) is 2. The number of hydrogen-bond acceptors (Lipinski definition) is 6. The number of esters is 1. The summed E-state index contributed by atoms with van der Waals surface area (Å²) in [7, 11) is 0. The third-order valence-corrected chi connectivity index (χ3v) is 7.92. The van der Waals surface area contributed by atoms with Gasteiger partial charge in [-0.25, -0.2) is 9.79 Å². The van der Waals surface area contributed by atoms with Crippen LogP contribution in [0.5, 0.6) is 5.75 Å². The van der Waals surface area contributed by atoms with Gasteiger partial charge in [-0.15, -0.1) is 0 Å². The lowest BCUT2D eigenvalue weighted by Crippen LogP contribution is -2.39. The molecule has 2 heterocycles. The number of aromatic nitrogens is 1. The maximum absolute atomic E-state index is 14.0. The van der Waals surface area contributed by atoms with E-state index in [4.69, 9.17) is 14.5 Å². The van der Waals surface area contributed by atoms with E-state index in [0.717, 1.165) is 27.6 Å². The summed E-state index contributed by atoms with van der Waals surface area (Å²) in [5.41, 5.74) is 3.70. The van der Waals surface area contributed by atoms with Crippen LogP contribution in [0.2, 0.25) is 0 Å². The first kappa shape index (κ1) is 26.6. The van der Waals surface area contributed by atoms with Crippen LogP contribution in [0.3, 0.4) is 0 Å². The molecule has 39 heavy (non-hydrogen) atoms. The van der Waals surface area contributed by atoms with E-state index in [1.807, 2.05) is 61.5 Å². The number of hydrogen-bond donors (Lipinski definition) is 0. The molecule has 0 N–H and O–H groups in total. The number of fused-ring (bicyclic) bond motifs is 2. The molecule has 4 aromatic rings. The van der Waals surface area contributed by atoms with Crippen molar-refractivity contribution in [3.8, 4) is 5.75 Å². The van der Waals surface area contributed by atoms with Crippen LogP contribution in [0, 0.1) is 0 Å². The molecule has 0 spiro atoms. The van der Waals surface area contributed by atoms with Gasteiger partial charge in [0, 0.05) is 5.39 Å². The van der Waals surface area contributed by atoms with Crippen molar-refractivity contribution in [3.63, 3.8) is 0 Å². The second-order valence-electron chi connectivity index (χ2n) is 9.76. The average molecular weight is 541 g/mol. The Morgan fingerprint density at radius 1 is 1.03 bits per heavy atom. The number of rotatable bonds is 7. The van der Waals surface area contributed by atoms with Gasteiger partial charge in [0.15, 0.2) is 4.80 Å². The highest BCUT2D eigenvalue weighted by molar-refractivity contribution is 7.07. The maximum Gasteiger partial charge on any atom is 0.338 e. The highest BCUT2D eigenvalue weighted by Crippen LogP contribution is 2.32. The molecule has 0 aliphatic carbocycles. The van der Waals surface area contributed by atoms with E-state index in [1.54, 1.807) is 18.4 Å². The van der Waals surface area contributed by atoms with Crippen molar-refractivity contribution in [1.82, 2.24) is 4.57 Å². The van der Waals surface area contributed by atoms with E-state index >= 15 is 0 Å². The zero-order valence-corrected chi connectivity index (χ0v) is 23.7. The van der Waals surface area contributed by atoms with Gasteiger partial charge in [0.1, 0.15) is 5.75 Å². The van der Waals surface area contributed by atoms with Crippen LogP contribution in [0.1, 0.15) is 63.3 Å². The summed E-state index contributed by atoms with van der Waals surface area (Å²) in [4.78, 5) is 32.4. The Morgan fingerprint density at radius 3 is 2.41 bits per heavy atom. The number of benzene rings is 3. The molecule has 1 atom stereocenters. The molecule has 5 rings (SSSR count). The molecule has 1 aliphatic heterocycles. The predicted octanol–water partition coefficient (Wildman–Crippen LogP) is 5.47. The largest absolute Gasteiger partial charge is 0.493 e. The van der Waals surface area contributed by atoms with Gasteiger partial charge in [-0.05, 0) is 60.9 Å². The van der Waals surface area contributed by atoms with Gasteiger partial charge in [0.25, 0.3) is 5.56 Å². The number of allylic oxidation sites excluding steroid dienone is 1. The number of thiazole rings is 1. The van der Waals surface area contributed by atoms with Crippen LogP contribution >= 0.6 is 11.3 Å².